The second-order valence-electron chi connectivity index (χ2n) is 2.94. The molecule has 0 aliphatic heterocycles. The molecule has 2 atom stereocenters. The van der Waals surface area contributed by atoms with Gasteiger partial charge in [-0.05, 0) is 0 Å². The van der Waals surface area contributed by atoms with Gasteiger partial charge in [-0.1, -0.05) is 0 Å². The van der Waals surface area contributed by atoms with E-state index in [1.54, 1.807) is 0 Å². The molecular weight excluding hydrogens is 266 g/mol. The van der Waals surface area contributed by atoms with Crippen LogP contribution in [0.25, 0.3) is 0 Å². The lowest BCUT2D eigenvalue weighted by Crippen LogP contribution is -2.38. The minimum absolute atomic E-state index is 0.191. The third-order valence-electron chi connectivity index (χ3n) is 1.24. The molecule has 0 saturated carbocycles. The van der Waals surface area contributed by atoms with E-state index in [4.69, 9.17) is 0 Å². The Labute approximate surface area is 89.6 Å². The zero-order valence-corrected chi connectivity index (χ0v) is 8.87. The zero-order chi connectivity index (χ0) is 13.1. The van der Waals surface area contributed by atoms with Gasteiger partial charge in [0, 0.05) is 13.8 Å². The van der Waals surface area contributed by atoms with Crippen LogP contribution in [0.15, 0.2) is 0 Å². The van der Waals surface area contributed by atoms with Crippen molar-refractivity contribution in [3.63, 3.8) is 0 Å². The first kappa shape index (κ1) is 15.7. The molecule has 0 N–H and O–H groups in total. The number of alkyl halides is 6. The van der Waals surface area contributed by atoms with Crippen molar-refractivity contribution in [1.29, 1.82) is 0 Å². The second-order valence-corrected chi connectivity index (χ2v) is 3.69. The summed E-state index contributed by atoms with van der Waals surface area (Å²) in [5.41, 5.74) is 0. The largest absolute Gasteiger partial charge is 0.311 e. The van der Waals surface area contributed by atoms with Crippen LogP contribution in [0, 0.1) is 0 Å². The van der Waals surface area contributed by atoms with E-state index in [-0.39, 0.29) is 13.8 Å². The summed E-state index contributed by atoms with van der Waals surface area (Å²) in [5.74, 6) is -7.38. The van der Waals surface area contributed by atoms with Crippen molar-refractivity contribution >= 4 is 11.4 Å². The minimum atomic E-state index is -3.70. The smallest absolute Gasteiger partial charge is 0.223 e. The van der Waals surface area contributed by atoms with Gasteiger partial charge in [0.1, 0.15) is 0 Å². The van der Waals surface area contributed by atoms with Gasteiger partial charge in [0.2, 0.25) is 0 Å². The van der Waals surface area contributed by atoms with Crippen LogP contribution in [0.3, 0.4) is 0 Å². The van der Waals surface area contributed by atoms with Gasteiger partial charge in [-0.15, -0.1) is 0 Å². The van der Waals surface area contributed by atoms with E-state index in [1.807, 2.05) is 0 Å². The Balaban J connectivity index is 4.41. The molecule has 0 rings (SSSR count). The maximum atomic E-state index is 12.7. The highest BCUT2D eigenvalue weighted by atomic mass is 32.2. The quantitative estimate of drug-likeness (QED) is 0.698. The molecule has 0 amide bonds. The lowest BCUT2D eigenvalue weighted by molar-refractivity contribution is -0.177. The average molecular weight is 274 g/mol. The first-order valence-corrected chi connectivity index (χ1v) is 4.74. The third-order valence-corrected chi connectivity index (χ3v) is 2.17. The van der Waals surface area contributed by atoms with E-state index in [9.17, 15) is 30.6 Å². The molecule has 0 bridgehead atoms. The summed E-state index contributed by atoms with van der Waals surface area (Å²) in [7, 11) is 0. The Hall–Kier alpha value is -0.350. The summed E-state index contributed by atoms with van der Waals surface area (Å²) in [4.78, 5) is 0. The average Bonchev–Trinajstić information content (AvgIpc) is 2.00. The van der Waals surface area contributed by atoms with Gasteiger partial charge in [0.25, 0.3) is 24.6 Å². The Morgan fingerprint density at radius 1 is 0.938 bits per heavy atom. The van der Waals surface area contributed by atoms with Gasteiger partial charge in [0.05, 0.1) is 0 Å². The van der Waals surface area contributed by atoms with Gasteiger partial charge >= 0.3 is 11.4 Å². The lowest BCUT2D eigenvalue weighted by Gasteiger charge is -2.22. The number of hydrogen-bond acceptors (Lipinski definition) is 3. The van der Waals surface area contributed by atoms with Crippen molar-refractivity contribution in [2.45, 2.75) is 38.4 Å². The first-order valence-electron chi connectivity index (χ1n) is 3.74. The molecule has 2 unspecified atom stereocenters. The first-order chi connectivity index (χ1) is 6.99. The molecule has 0 aliphatic rings. The molecular formula is C6H8F6O3S. The number of rotatable bonds is 6. The third kappa shape index (κ3) is 4.66. The Morgan fingerprint density at radius 2 is 1.19 bits per heavy atom. The van der Waals surface area contributed by atoms with E-state index in [1.165, 1.54) is 0 Å². The van der Waals surface area contributed by atoms with Crippen molar-refractivity contribution in [3.05, 3.63) is 0 Å². The van der Waals surface area contributed by atoms with E-state index >= 15 is 0 Å². The van der Waals surface area contributed by atoms with Gasteiger partial charge in [-0.2, -0.15) is 4.21 Å². The molecule has 0 radical (unpaired) electrons. The van der Waals surface area contributed by atoms with Gasteiger partial charge in [-0.25, -0.2) is 34.7 Å². The van der Waals surface area contributed by atoms with Crippen LogP contribution in [0.5, 0.6) is 0 Å². The van der Waals surface area contributed by atoms with Crippen molar-refractivity contribution < 1.29 is 38.9 Å². The summed E-state index contributed by atoms with van der Waals surface area (Å²) >= 11 is -3.41. The predicted molar refractivity (Wildman–Crippen MR) is 41.3 cm³/mol. The van der Waals surface area contributed by atoms with E-state index in [0.29, 0.717) is 0 Å². The van der Waals surface area contributed by atoms with Crippen LogP contribution in [-0.4, -0.2) is 28.8 Å². The molecule has 0 spiro atoms. The molecule has 3 nitrogen and oxygen atoms in total. The van der Waals surface area contributed by atoms with Crippen LogP contribution in [0.1, 0.15) is 13.8 Å². The number of halogens is 6. The minimum Gasteiger partial charge on any atom is -0.223 e. The van der Waals surface area contributed by atoms with Crippen LogP contribution in [-0.2, 0) is 19.7 Å². The van der Waals surface area contributed by atoms with Crippen molar-refractivity contribution in [3.8, 4) is 0 Å². The Morgan fingerprint density at radius 3 is 1.38 bits per heavy atom. The highest BCUT2D eigenvalue weighted by Gasteiger charge is 2.44. The summed E-state index contributed by atoms with van der Waals surface area (Å²) in [6.45, 7) is 0.383. The normalized spacial score (nSPS) is 21.9. The lowest BCUT2D eigenvalue weighted by atomic mass is 10.4. The summed E-state index contributed by atoms with van der Waals surface area (Å²) in [6.07, 6.45) is -7.39. The molecule has 0 aromatic carbocycles. The Bertz CT molecular complexity index is 233. The highest BCUT2D eigenvalue weighted by molar-refractivity contribution is 7.75. The molecule has 0 aliphatic carbocycles. The fourth-order valence-electron chi connectivity index (χ4n) is 0.356. The van der Waals surface area contributed by atoms with Gasteiger partial charge < -0.3 is 0 Å². The summed E-state index contributed by atoms with van der Waals surface area (Å²) < 4.78 is 90.2. The van der Waals surface area contributed by atoms with Crippen LogP contribution < -0.4 is 0 Å². The van der Waals surface area contributed by atoms with Gasteiger partial charge in [0.15, 0.2) is 0 Å². The fourth-order valence-corrected chi connectivity index (χ4v) is 1.07. The summed E-state index contributed by atoms with van der Waals surface area (Å²) in [5, 5.41) is 0. The van der Waals surface area contributed by atoms with E-state index in [2.05, 4.69) is 8.37 Å². The monoisotopic (exact) mass is 274 g/mol. The number of hydrogen-bond donors (Lipinski definition) is 0. The molecule has 0 aromatic heterocycles. The molecule has 98 valence electrons. The molecule has 0 aromatic rings. The van der Waals surface area contributed by atoms with E-state index in [0.717, 1.165) is 0 Å². The van der Waals surface area contributed by atoms with Crippen LogP contribution in [0.4, 0.5) is 26.3 Å². The second kappa shape index (κ2) is 5.32. The molecule has 0 saturated heterocycles. The zero-order valence-electron chi connectivity index (χ0n) is 8.06. The maximum absolute atomic E-state index is 12.7. The standard InChI is InChI=1S/C6H8F6O3S/c1-5(11,3(7)8)14-16(13)15-6(2,12)4(9)10/h3-4H,1-2H3. The predicted octanol–water partition coefficient (Wildman–Crippen LogP) is 2.50. The fraction of sp³-hybridized carbons (Fsp3) is 1.00. The van der Waals surface area contributed by atoms with Crippen molar-refractivity contribution in [2.24, 2.45) is 0 Å². The van der Waals surface area contributed by atoms with Crippen LogP contribution >= 0.6 is 0 Å². The van der Waals surface area contributed by atoms with Crippen LogP contribution in [0.2, 0.25) is 0 Å². The van der Waals surface area contributed by atoms with Crippen molar-refractivity contribution in [1.82, 2.24) is 0 Å². The topological polar surface area (TPSA) is 35.5 Å². The van der Waals surface area contributed by atoms with Gasteiger partial charge in [-0.3, -0.25) is 0 Å². The molecule has 0 heterocycles. The molecule has 10 heteroatoms. The Kier molecular flexibility index (Phi) is 5.20. The summed E-state index contributed by atoms with van der Waals surface area (Å²) in [6, 6.07) is 0. The van der Waals surface area contributed by atoms with Crippen molar-refractivity contribution in [2.75, 3.05) is 0 Å². The van der Waals surface area contributed by atoms with E-state index < -0.39 is 35.9 Å². The molecule has 0 fully saturated rings. The molecule has 16 heavy (non-hydrogen) atoms. The SMILES string of the molecule is CC(F)(OS(=O)OC(C)(F)C(F)F)C(F)F. The highest BCUT2D eigenvalue weighted by Crippen LogP contribution is 2.27. The maximum Gasteiger partial charge on any atom is 0.311 e.